The van der Waals surface area contributed by atoms with E-state index in [4.69, 9.17) is 4.52 Å². The standard InChI is InChI=1S/C22H26N6O2S/c29-22(24-15-18-6-3-13-31-18)28-11-9-27(10-12-28)19-8-7-17(14-23-19)20-25-21(30-26-20)16-4-1-2-5-16/h3,6-8,13-14,16H,1-2,4-5,9-12,15H2,(H,24,29). The number of pyridine rings is 1. The largest absolute Gasteiger partial charge is 0.353 e. The molecule has 0 radical (unpaired) electrons. The molecule has 0 bridgehead atoms. The average Bonchev–Trinajstić information content (AvgIpc) is 3.60. The van der Waals surface area contributed by atoms with Crippen LogP contribution in [0.2, 0.25) is 0 Å². The molecule has 0 spiro atoms. The lowest BCUT2D eigenvalue weighted by Crippen LogP contribution is -2.51. The van der Waals surface area contributed by atoms with Gasteiger partial charge in [0, 0.05) is 48.7 Å². The maximum absolute atomic E-state index is 12.4. The number of carbonyl (C=O) groups excluding carboxylic acids is 1. The van der Waals surface area contributed by atoms with E-state index in [1.807, 2.05) is 34.5 Å². The van der Waals surface area contributed by atoms with Crippen LogP contribution in [0, 0.1) is 0 Å². The number of urea groups is 1. The van der Waals surface area contributed by atoms with Gasteiger partial charge in [0.05, 0.1) is 6.54 Å². The Morgan fingerprint density at radius 3 is 2.71 bits per heavy atom. The Hall–Kier alpha value is -2.94. The molecule has 3 aromatic rings. The van der Waals surface area contributed by atoms with Crippen LogP contribution >= 0.6 is 11.3 Å². The molecule has 3 aromatic heterocycles. The van der Waals surface area contributed by atoms with Crippen molar-refractivity contribution in [2.75, 3.05) is 31.1 Å². The van der Waals surface area contributed by atoms with Gasteiger partial charge in [-0.15, -0.1) is 11.3 Å². The lowest BCUT2D eigenvalue weighted by atomic mass is 10.1. The van der Waals surface area contributed by atoms with Gasteiger partial charge in [-0.1, -0.05) is 24.1 Å². The third kappa shape index (κ3) is 4.56. The third-order valence-corrected chi connectivity index (χ3v) is 6.91. The van der Waals surface area contributed by atoms with Crippen molar-refractivity contribution in [3.05, 3.63) is 46.6 Å². The summed E-state index contributed by atoms with van der Waals surface area (Å²) < 4.78 is 5.49. The van der Waals surface area contributed by atoms with Crippen LogP contribution < -0.4 is 10.2 Å². The van der Waals surface area contributed by atoms with Crippen LogP contribution in [0.25, 0.3) is 11.4 Å². The number of anilines is 1. The number of carbonyl (C=O) groups is 1. The maximum Gasteiger partial charge on any atom is 0.317 e. The fourth-order valence-electron chi connectivity index (χ4n) is 4.22. The highest BCUT2D eigenvalue weighted by Gasteiger charge is 2.24. The highest BCUT2D eigenvalue weighted by molar-refractivity contribution is 7.09. The van der Waals surface area contributed by atoms with Crippen LogP contribution in [0.15, 0.2) is 40.4 Å². The molecule has 2 amide bonds. The summed E-state index contributed by atoms with van der Waals surface area (Å²) in [5, 5.41) is 9.17. The molecular formula is C22H26N6O2S. The van der Waals surface area contributed by atoms with E-state index in [0.717, 1.165) is 48.1 Å². The van der Waals surface area contributed by atoms with Crippen molar-refractivity contribution in [2.24, 2.45) is 0 Å². The first-order chi connectivity index (χ1) is 15.3. The predicted molar refractivity (Wildman–Crippen MR) is 119 cm³/mol. The number of nitrogens with one attached hydrogen (secondary N) is 1. The topological polar surface area (TPSA) is 87.4 Å². The van der Waals surface area contributed by atoms with Gasteiger partial charge in [0.2, 0.25) is 11.7 Å². The van der Waals surface area contributed by atoms with Crippen molar-refractivity contribution < 1.29 is 9.32 Å². The first-order valence-electron chi connectivity index (χ1n) is 10.9. The van der Waals surface area contributed by atoms with Gasteiger partial charge < -0.3 is 19.6 Å². The zero-order valence-electron chi connectivity index (χ0n) is 17.4. The van der Waals surface area contributed by atoms with Crippen LogP contribution in [-0.2, 0) is 6.54 Å². The van der Waals surface area contributed by atoms with Gasteiger partial charge in [0.25, 0.3) is 0 Å². The molecule has 2 aliphatic rings. The van der Waals surface area contributed by atoms with E-state index in [2.05, 4.69) is 25.3 Å². The molecule has 1 saturated heterocycles. The van der Waals surface area contributed by atoms with E-state index in [-0.39, 0.29) is 6.03 Å². The average molecular weight is 439 g/mol. The zero-order valence-corrected chi connectivity index (χ0v) is 18.2. The summed E-state index contributed by atoms with van der Waals surface area (Å²) >= 11 is 1.65. The zero-order chi connectivity index (χ0) is 21.0. The monoisotopic (exact) mass is 438 g/mol. The summed E-state index contributed by atoms with van der Waals surface area (Å²) in [7, 11) is 0. The van der Waals surface area contributed by atoms with Crippen LogP contribution in [0.3, 0.4) is 0 Å². The lowest BCUT2D eigenvalue weighted by molar-refractivity contribution is 0.194. The smallest absolute Gasteiger partial charge is 0.317 e. The second kappa shape index (κ2) is 9.05. The van der Waals surface area contributed by atoms with Crippen LogP contribution in [0.1, 0.15) is 42.4 Å². The van der Waals surface area contributed by atoms with E-state index in [1.54, 1.807) is 17.5 Å². The van der Waals surface area contributed by atoms with E-state index >= 15 is 0 Å². The minimum atomic E-state index is -0.00784. The quantitative estimate of drug-likeness (QED) is 0.650. The van der Waals surface area contributed by atoms with E-state index in [0.29, 0.717) is 31.4 Å². The normalized spacial score (nSPS) is 17.3. The summed E-state index contributed by atoms with van der Waals surface area (Å²) in [5.41, 5.74) is 0.864. The molecular weight excluding hydrogens is 412 g/mol. The first-order valence-corrected chi connectivity index (χ1v) is 11.7. The minimum absolute atomic E-state index is 0.00784. The van der Waals surface area contributed by atoms with Crippen molar-refractivity contribution in [1.82, 2.24) is 25.3 Å². The van der Waals surface area contributed by atoms with Crippen LogP contribution in [0.4, 0.5) is 10.6 Å². The third-order valence-electron chi connectivity index (χ3n) is 6.04. The number of hydrogen-bond acceptors (Lipinski definition) is 7. The molecule has 31 heavy (non-hydrogen) atoms. The molecule has 2 fully saturated rings. The first kappa shape index (κ1) is 20.0. The maximum atomic E-state index is 12.4. The Kier molecular flexibility index (Phi) is 5.84. The molecule has 4 heterocycles. The summed E-state index contributed by atoms with van der Waals surface area (Å²) in [6, 6.07) is 8.00. The molecule has 1 saturated carbocycles. The van der Waals surface area contributed by atoms with Gasteiger partial charge in [-0.2, -0.15) is 4.98 Å². The van der Waals surface area contributed by atoms with Crippen molar-refractivity contribution >= 4 is 23.2 Å². The molecule has 0 atom stereocenters. The fraction of sp³-hybridized carbons (Fsp3) is 0.455. The molecule has 8 nitrogen and oxygen atoms in total. The molecule has 0 unspecified atom stereocenters. The Morgan fingerprint density at radius 2 is 2.00 bits per heavy atom. The van der Waals surface area contributed by atoms with E-state index in [1.165, 1.54) is 12.8 Å². The molecule has 162 valence electrons. The number of hydrogen-bond donors (Lipinski definition) is 1. The molecule has 1 aliphatic carbocycles. The van der Waals surface area contributed by atoms with Gasteiger partial charge in [-0.3, -0.25) is 0 Å². The van der Waals surface area contributed by atoms with Gasteiger partial charge in [0.15, 0.2) is 0 Å². The highest BCUT2D eigenvalue weighted by Crippen LogP contribution is 2.33. The lowest BCUT2D eigenvalue weighted by Gasteiger charge is -2.35. The van der Waals surface area contributed by atoms with Crippen LogP contribution in [0.5, 0.6) is 0 Å². The molecule has 5 rings (SSSR count). The molecule has 9 heteroatoms. The van der Waals surface area contributed by atoms with Crippen molar-refractivity contribution in [1.29, 1.82) is 0 Å². The Labute approximate surface area is 185 Å². The minimum Gasteiger partial charge on any atom is -0.353 e. The summed E-state index contributed by atoms with van der Waals surface area (Å²) in [6.07, 6.45) is 6.55. The summed E-state index contributed by atoms with van der Waals surface area (Å²) in [4.78, 5) is 26.8. The molecule has 1 aliphatic heterocycles. The highest BCUT2D eigenvalue weighted by atomic mass is 32.1. The van der Waals surface area contributed by atoms with Crippen LogP contribution in [-0.4, -0.2) is 52.2 Å². The van der Waals surface area contributed by atoms with E-state index in [9.17, 15) is 4.79 Å². The number of amides is 2. The summed E-state index contributed by atoms with van der Waals surface area (Å²) in [5.74, 6) is 2.67. The molecule has 1 N–H and O–H groups in total. The van der Waals surface area contributed by atoms with Crippen molar-refractivity contribution in [2.45, 2.75) is 38.1 Å². The van der Waals surface area contributed by atoms with Gasteiger partial charge >= 0.3 is 6.03 Å². The Bertz CT molecular complexity index is 989. The molecule has 0 aromatic carbocycles. The van der Waals surface area contributed by atoms with Gasteiger partial charge in [0.1, 0.15) is 5.82 Å². The number of nitrogens with zero attached hydrogens (tertiary/aromatic N) is 5. The predicted octanol–water partition coefficient (Wildman–Crippen LogP) is 3.88. The van der Waals surface area contributed by atoms with E-state index < -0.39 is 0 Å². The van der Waals surface area contributed by atoms with Gasteiger partial charge in [-0.25, -0.2) is 9.78 Å². The Balaban J connectivity index is 1.14. The number of piperazine rings is 1. The number of rotatable bonds is 5. The second-order valence-electron chi connectivity index (χ2n) is 8.05. The SMILES string of the molecule is O=C(NCc1cccs1)N1CCN(c2ccc(-c3noc(C4CCCC4)n3)cn2)CC1. The number of thiophene rings is 1. The van der Waals surface area contributed by atoms with Crippen molar-refractivity contribution in [3.63, 3.8) is 0 Å². The number of aromatic nitrogens is 3. The summed E-state index contributed by atoms with van der Waals surface area (Å²) in [6.45, 7) is 3.45. The van der Waals surface area contributed by atoms with Gasteiger partial charge in [-0.05, 0) is 36.4 Å². The van der Waals surface area contributed by atoms with Crippen molar-refractivity contribution in [3.8, 4) is 11.4 Å². The fourth-order valence-corrected chi connectivity index (χ4v) is 4.87. The second-order valence-corrected chi connectivity index (χ2v) is 9.09. The Morgan fingerprint density at radius 1 is 1.16 bits per heavy atom.